The number of methoxy groups -OCH3 is 1. The highest BCUT2D eigenvalue weighted by Gasteiger charge is 2.17. The predicted molar refractivity (Wildman–Crippen MR) is 97.6 cm³/mol. The van der Waals surface area contributed by atoms with Crippen LogP contribution in [0.3, 0.4) is 0 Å². The molecule has 4 rings (SSSR count). The Bertz CT molecular complexity index is 975. The lowest BCUT2D eigenvalue weighted by Crippen LogP contribution is -2.07. The van der Waals surface area contributed by atoms with E-state index in [1.807, 2.05) is 42.2 Å². The molecule has 4 nitrogen and oxygen atoms in total. The number of hydrogen-bond donors (Lipinski definition) is 0. The van der Waals surface area contributed by atoms with E-state index in [-0.39, 0.29) is 6.04 Å². The minimum atomic E-state index is 0.142. The summed E-state index contributed by atoms with van der Waals surface area (Å²) in [5, 5.41) is 5.31. The maximum atomic E-state index is 5.50. The Balaban J connectivity index is 1.90. The van der Waals surface area contributed by atoms with Gasteiger partial charge in [0.05, 0.1) is 13.2 Å². The van der Waals surface area contributed by atoms with Gasteiger partial charge in [0, 0.05) is 34.9 Å². The number of hydrogen-bond acceptors (Lipinski definition) is 4. The Labute approximate surface area is 144 Å². The molecule has 2 aromatic carbocycles. The summed E-state index contributed by atoms with van der Waals surface area (Å²) >= 11 is 1.66. The lowest BCUT2D eigenvalue weighted by atomic mass is 10.0. The van der Waals surface area contributed by atoms with Crippen LogP contribution >= 0.6 is 11.3 Å². The smallest absolute Gasteiger partial charge is 0.141 e. The number of thiazole rings is 1. The minimum Gasteiger partial charge on any atom is -0.496 e. The predicted octanol–water partition coefficient (Wildman–Crippen LogP) is 4.78. The normalized spacial score (nSPS) is 12.4. The van der Waals surface area contributed by atoms with Crippen molar-refractivity contribution in [2.24, 2.45) is 0 Å². The Morgan fingerprint density at radius 1 is 1.04 bits per heavy atom. The van der Waals surface area contributed by atoms with Crippen molar-refractivity contribution >= 4 is 22.1 Å². The van der Waals surface area contributed by atoms with Crippen molar-refractivity contribution in [3.05, 3.63) is 65.4 Å². The molecule has 2 heterocycles. The molecule has 1 atom stereocenters. The van der Waals surface area contributed by atoms with Gasteiger partial charge in [-0.2, -0.15) is 0 Å². The van der Waals surface area contributed by atoms with Crippen molar-refractivity contribution in [3.63, 3.8) is 0 Å². The number of fused-ring (bicyclic) bond motifs is 1. The average molecular weight is 335 g/mol. The van der Waals surface area contributed by atoms with E-state index >= 15 is 0 Å². The van der Waals surface area contributed by atoms with Crippen molar-refractivity contribution in [1.82, 2.24) is 14.5 Å². The van der Waals surface area contributed by atoms with Crippen LogP contribution in [0.1, 0.15) is 18.0 Å². The average Bonchev–Trinajstić information content (AvgIpc) is 3.32. The zero-order chi connectivity index (χ0) is 16.5. The number of imidazole rings is 1. The van der Waals surface area contributed by atoms with Crippen LogP contribution in [0.2, 0.25) is 0 Å². The van der Waals surface area contributed by atoms with E-state index in [1.165, 1.54) is 0 Å². The highest BCUT2D eigenvalue weighted by Crippen LogP contribution is 2.35. The van der Waals surface area contributed by atoms with Crippen molar-refractivity contribution in [2.75, 3.05) is 7.11 Å². The number of ether oxygens (including phenoxy) is 1. The number of aromatic nitrogens is 3. The first-order valence-corrected chi connectivity index (χ1v) is 8.66. The summed E-state index contributed by atoms with van der Waals surface area (Å²) in [6.45, 7) is 2.15. The molecule has 0 aliphatic carbocycles. The fraction of sp³-hybridized carbons (Fsp3) is 0.158. The van der Waals surface area contributed by atoms with Gasteiger partial charge in [0.15, 0.2) is 0 Å². The molecule has 0 bridgehead atoms. The topological polar surface area (TPSA) is 39.9 Å². The van der Waals surface area contributed by atoms with Crippen LogP contribution in [-0.2, 0) is 0 Å². The Morgan fingerprint density at radius 2 is 1.88 bits per heavy atom. The van der Waals surface area contributed by atoms with Crippen molar-refractivity contribution < 1.29 is 4.74 Å². The van der Waals surface area contributed by atoms with Gasteiger partial charge in [-0.25, -0.2) is 9.97 Å². The van der Waals surface area contributed by atoms with Crippen molar-refractivity contribution in [3.8, 4) is 17.1 Å². The van der Waals surface area contributed by atoms with Crippen LogP contribution in [0.15, 0.2) is 60.4 Å². The molecule has 2 aromatic heterocycles. The Kier molecular flexibility index (Phi) is 3.78. The highest BCUT2D eigenvalue weighted by atomic mass is 32.1. The molecule has 0 radical (unpaired) electrons. The number of benzene rings is 2. The zero-order valence-corrected chi connectivity index (χ0v) is 14.3. The quantitative estimate of drug-likeness (QED) is 0.539. The second kappa shape index (κ2) is 6.09. The summed E-state index contributed by atoms with van der Waals surface area (Å²) in [6, 6.07) is 12.5. The molecule has 5 heteroatoms. The van der Waals surface area contributed by atoms with E-state index in [2.05, 4.69) is 39.7 Å². The first-order valence-electron chi connectivity index (χ1n) is 7.78. The molecule has 120 valence electrons. The first kappa shape index (κ1) is 14.9. The van der Waals surface area contributed by atoms with Crippen LogP contribution < -0.4 is 4.74 Å². The third-order valence-electron chi connectivity index (χ3n) is 4.24. The van der Waals surface area contributed by atoms with Gasteiger partial charge in [-0.3, -0.25) is 0 Å². The maximum absolute atomic E-state index is 5.50. The van der Waals surface area contributed by atoms with Crippen LogP contribution in [-0.4, -0.2) is 21.6 Å². The van der Waals surface area contributed by atoms with Crippen LogP contribution in [0, 0.1) is 0 Å². The number of nitrogens with zero attached hydrogens (tertiary/aromatic N) is 3. The summed E-state index contributed by atoms with van der Waals surface area (Å²) in [5.41, 5.74) is 1.10. The van der Waals surface area contributed by atoms with E-state index in [1.54, 1.807) is 18.4 Å². The van der Waals surface area contributed by atoms with Crippen LogP contribution in [0.25, 0.3) is 22.2 Å². The summed E-state index contributed by atoms with van der Waals surface area (Å²) in [7, 11) is 1.70. The zero-order valence-electron chi connectivity index (χ0n) is 13.5. The molecule has 0 N–H and O–H groups in total. The summed E-state index contributed by atoms with van der Waals surface area (Å²) in [6.07, 6.45) is 5.70. The summed E-state index contributed by atoms with van der Waals surface area (Å²) in [4.78, 5) is 9.07. The standard InChI is InChI=1S/C19H17N3OS/c1-13(19-21-10-12-24-19)22-11-9-20-18(22)16-7-8-17(23-2)15-6-4-3-5-14(15)16/h3-13H,1-2H3/t13-/m0/s1. The molecular weight excluding hydrogens is 318 g/mol. The number of rotatable bonds is 4. The van der Waals surface area contributed by atoms with E-state index in [9.17, 15) is 0 Å². The lowest BCUT2D eigenvalue weighted by Gasteiger charge is -2.16. The van der Waals surface area contributed by atoms with Crippen molar-refractivity contribution in [2.45, 2.75) is 13.0 Å². The molecule has 0 fully saturated rings. The minimum absolute atomic E-state index is 0.142. The molecule has 0 aliphatic rings. The van der Waals surface area contributed by atoms with Crippen LogP contribution in [0.4, 0.5) is 0 Å². The van der Waals surface area contributed by atoms with Gasteiger partial charge in [0.1, 0.15) is 16.6 Å². The molecule has 4 aromatic rings. The summed E-state index contributed by atoms with van der Waals surface area (Å²) in [5.74, 6) is 1.82. The molecule has 0 amide bonds. The first-order chi connectivity index (χ1) is 11.8. The molecule has 24 heavy (non-hydrogen) atoms. The Hall–Kier alpha value is -2.66. The highest BCUT2D eigenvalue weighted by molar-refractivity contribution is 7.09. The SMILES string of the molecule is COc1ccc(-c2nccn2[C@@H](C)c2nccs2)c2ccccc12. The van der Waals surface area contributed by atoms with Crippen molar-refractivity contribution in [1.29, 1.82) is 0 Å². The second-order valence-corrected chi connectivity index (χ2v) is 6.49. The largest absolute Gasteiger partial charge is 0.496 e. The van der Waals surface area contributed by atoms with Gasteiger partial charge in [0.2, 0.25) is 0 Å². The molecule has 0 spiro atoms. The second-order valence-electron chi connectivity index (χ2n) is 5.57. The lowest BCUT2D eigenvalue weighted by molar-refractivity contribution is 0.420. The fourth-order valence-corrected chi connectivity index (χ4v) is 3.73. The third-order valence-corrected chi connectivity index (χ3v) is 5.19. The van der Waals surface area contributed by atoms with E-state index in [0.29, 0.717) is 0 Å². The van der Waals surface area contributed by atoms with Gasteiger partial charge >= 0.3 is 0 Å². The molecule has 0 unspecified atom stereocenters. The Morgan fingerprint density at radius 3 is 2.62 bits per heavy atom. The third kappa shape index (κ3) is 2.37. The van der Waals surface area contributed by atoms with Gasteiger partial charge in [0.25, 0.3) is 0 Å². The van der Waals surface area contributed by atoms with Gasteiger partial charge in [-0.15, -0.1) is 11.3 Å². The maximum Gasteiger partial charge on any atom is 0.141 e. The van der Waals surface area contributed by atoms with Gasteiger partial charge < -0.3 is 9.30 Å². The van der Waals surface area contributed by atoms with Gasteiger partial charge in [-0.1, -0.05) is 24.3 Å². The van der Waals surface area contributed by atoms with Crippen LogP contribution in [0.5, 0.6) is 5.75 Å². The monoisotopic (exact) mass is 335 g/mol. The summed E-state index contributed by atoms with van der Waals surface area (Å²) < 4.78 is 7.67. The fourth-order valence-electron chi connectivity index (χ4n) is 3.04. The molecule has 0 saturated carbocycles. The molecule has 0 aliphatic heterocycles. The van der Waals surface area contributed by atoms with E-state index < -0.39 is 0 Å². The van der Waals surface area contributed by atoms with E-state index in [0.717, 1.165) is 32.9 Å². The van der Waals surface area contributed by atoms with E-state index in [4.69, 9.17) is 4.74 Å². The molecular formula is C19H17N3OS. The van der Waals surface area contributed by atoms with Gasteiger partial charge in [-0.05, 0) is 24.4 Å². The molecule has 0 saturated heterocycles.